The third-order valence-corrected chi connectivity index (χ3v) is 6.23. The molecule has 19 heavy (non-hydrogen) atoms. The molecule has 1 aliphatic carbocycles. The summed E-state index contributed by atoms with van der Waals surface area (Å²) >= 11 is 5.57. The van der Waals surface area contributed by atoms with E-state index < -0.39 is 0 Å². The summed E-state index contributed by atoms with van der Waals surface area (Å²) in [5.41, 5.74) is 0. The van der Waals surface area contributed by atoms with Gasteiger partial charge in [-0.1, -0.05) is 39.0 Å². The van der Waals surface area contributed by atoms with Crippen LogP contribution in [-0.2, 0) is 6.42 Å². The van der Waals surface area contributed by atoms with Gasteiger partial charge in [-0.2, -0.15) is 0 Å². The molecule has 108 valence electrons. The van der Waals surface area contributed by atoms with Crippen molar-refractivity contribution in [3.63, 3.8) is 0 Å². The average Bonchev–Trinajstić information content (AvgIpc) is 2.74. The van der Waals surface area contributed by atoms with Gasteiger partial charge >= 0.3 is 0 Å². The number of nitrogens with one attached hydrogen (secondary N) is 1. The summed E-state index contributed by atoms with van der Waals surface area (Å²) in [7, 11) is 0. The van der Waals surface area contributed by atoms with Crippen molar-refractivity contribution in [1.82, 2.24) is 5.32 Å². The minimum Gasteiger partial charge on any atom is -0.314 e. The fraction of sp³-hybridized carbons (Fsp3) is 0.750. The van der Waals surface area contributed by atoms with Crippen molar-refractivity contribution < 1.29 is 0 Å². The highest BCUT2D eigenvalue weighted by Crippen LogP contribution is 2.30. The molecular formula is C16H26BrNS. The molecule has 0 spiro atoms. The van der Waals surface area contributed by atoms with E-state index in [1.165, 1.54) is 60.7 Å². The molecule has 0 aliphatic heterocycles. The van der Waals surface area contributed by atoms with Crippen LogP contribution < -0.4 is 5.32 Å². The summed E-state index contributed by atoms with van der Waals surface area (Å²) in [6.45, 7) is 3.32. The molecule has 1 nitrogen and oxygen atoms in total. The average molecular weight is 344 g/mol. The molecule has 2 rings (SSSR count). The summed E-state index contributed by atoms with van der Waals surface area (Å²) in [5.74, 6) is 0.870. The molecule has 3 heteroatoms. The monoisotopic (exact) mass is 343 g/mol. The van der Waals surface area contributed by atoms with Gasteiger partial charge in [-0.25, -0.2) is 0 Å². The van der Waals surface area contributed by atoms with Crippen molar-refractivity contribution in [1.29, 1.82) is 0 Å². The van der Waals surface area contributed by atoms with E-state index in [-0.39, 0.29) is 0 Å². The lowest BCUT2D eigenvalue weighted by Gasteiger charge is -2.29. The Bertz CT molecular complexity index is 355. The zero-order valence-electron chi connectivity index (χ0n) is 12.0. The van der Waals surface area contributed by atoms with Crippen LogP contribution in [0.2, 0.25) is 0 Å². The van der Waals surface area contributed by atoms with Crippen molar-refractivity contribution in [3.05, 3.63) is 20.8 Å². The molecule has 0 amide bonds. The Kier molecular flexibility index (Phi) is 6.89. The third kappa shape index (κ3) is 4.87. The number of halogens is 1. The van der Waals surface area contributed by atoms with E-state index in [1.54, 1.807) is 0 Å². The molecule has 1 fully saturated rings. The summed E-state index contributed by atoms with van der Waals surface area (Å²) < 4.78 is 1.30. The molecule has 0 radical (unpaired) electrons. The molecule has 0 aromatic carbocycles. The van der Waals surface area contributed by atoms with E-state index in [1.807, 2.05) is 11.3 Å². The summed E-state index contributed by atoms with van der Waals surface area (Å²) in [4.78, 5) is 1.51. The van der Waals surface area contributed by atoms with Crippen LogP contribution >= 0.6 is 27.3 Å². The summed E-state index contributed by atoms with van der Waals surface area (Å²) in [6.07, 6.45) is 11.2. The Labute approximate surface area is 130 Å². The highest BCUT2D eigenvalue weighted by atomic mass is 79.9. The highest BCUT2D eigenvalue weighted by Gasteiger charge is 2.22. The first-order chi connectivity index (χ1) is 9.31. The Morgan fingerprint density at radius 1 is 1.26 bits per heavy atom. The van der Waals surface area contributed by atoms with Gasteiger partial charge in [0.05, 0.1) is 0 Å². The van der Waals surface area contributed by atoms with Crippen LogP contribution in [-0.4, -0.2) is 12.6 Å². The maximum atomic E-state index is 3.75. The normalized spacial score (nSPS) is 19.9. The molecule has 1 aromatic heterocycles. The predicted molar refractivity (Wildman–Crippen MR) is 89.0 cm³/mol. The number of rotatable bonds is 5. The van der Waals surface area contributed by atoms with Gasteiger partial charge in [-0.05, 0) is 59.1 Å². The molecule has 1 aromatic rings. The number of hydrogen-bond donors (Lipinski definition) is 1. The quantitative estimate of drug-likeness (QED) is 0.755. The summed E-state index contributed by atoms with van der Waals surface area (Å²) in [6, 6.07) is 2.85. The second kappa shape index (κ2) is 8.43. The molecule has 0 saturated heterocycles. The van der Waals surface area contributed by atoms with Crippen LogP contribution in [0.5, 0.6) is 0 Å². The van der Waals surface area contributed by atoms with Gasteiger partial charge < -0.3 is 5.32 Å². The van der Waals surface area contributed by atoms with Crippen molar-refractivity contribution in [2.45, 2.75) is 64.3 Å². The molecule has 1 saturated carbocycles. The smallest absolute Gasteiger partial charge is 0.0314 e. The zero-order chi connectivity index (χ0) is 13.5. The highest BCUT2D eigenvalue weighted by molar-refractivity contribution is 9.10. The minimum absolute atomic E-state index is 0.665. The standard InChI is InChI=1S/C16H26BrNS/c1-2-18-15(12-16-14(17)10-11-19-16)13-8-6-4-3-5-7-9-13/h10-11,13,15,18H,2-9,12H2,1H3. The van der Waals surface area contributed by atoms with E-state index in [9.17, 15) is 0 Å². The van der Waals surface area contributed by atoms with Crippen molar-refractivity contribution in [2.75, 3.05) is 6.54 Å². The molecule has 1 N–H and O–H groups in total. The molecule has 0 bridgehead atoms. The molecule has 1 aliphatic rings. The molecule has 1 unspecified atom stereocenters. The van der Waals surface area contributed by atoms with Crippen molar-refractivity contribution in [2.24, 2.45) is 5.92 Å². The first kappa shape index (κ1) is 15.5. The van der Waals surface area contributed by atoms with Crippen LogP contribution in [0.25, 0.3) is 0 Å². The van der Waals surface area contributed by atoms with Gasteiger partial charge in [0.25, 0.3) is 0 Å². The van der Waals surface area contributed by atoms with Gasteiger partial charge in [-0.3, -0.25) is 0 Å². The van der Waals surface area contributed by atoms with Gasteiger partial charge in [0.2, 0.25) is 0 Å². The Morgan fingerprint density at radius 3 is 2.53 bits per heavy atom. The van der Waals surface area contributed by atoms with Gasteiger partial charge in [0.1, 0.15) is 0 Å². The number of hydrogen-bond acceptors (Lipinski definition) is 2. The van der Waals surface area contributed by atoms with Crippen LogP contribution in [0.15, 0.2) is 15.9 Å². The first-order valence-corrected chi connectivity index (χ1v) is 9.43. The predicted octanol–water partition coefficient (Wildman–Crippen LogP) is 5.39. The third-order valence-electron chi connectivity index (χ3n) is 4.28. The number of likely N-dealkylation sites (N-methyl/N-ethyl adjacent to an activating group) is 1. The molecule has 1 atom stereocenters. The van der Waals surface area contributed by atoms with E-state index in [2.05, 4.69) is 39.6 Å². The second-order valence-electron chi connectivity index (χ2n) is 5.67. The van der Waals surface area contributed by atoms with Crippen LogP contribution in [0.4, 0.5) is 0 Å². The second-order valence-corrected chi connectivity index (χ2v) is 7.52. The zero-order valence-corrected chi connectivity index (χ0v) is 14.4. The Hall–Kier alpha value is 0.140. The Morgan fingerprint density at radius 2 is 1.95 bits per heavy atom. The lowest BCUT2D eigenvalue weighted by Crippen LogP contribution is -2.38. The number of thiophene rings is 1. The largest absolute Gasteiger partial charge is 0.314 e. The van der Waals surface area contributed by atoms with Crippen LogP contribution in [0.3, 0.4) is 0 Å². The van der Waals surface area contributed by atoms with Crippen molar-refractivity contribution >= 4 is 27.3 Å². The van der Waals surface area contributed by atoms with E-state index in [0.717, 1.165) is 12.5 Å². The lowest BCUT2D eigenvalue weighted by atomic mass is 9.84. The van der Waals surface area contributed by atoms with E-state index in [0.29, 0.717) is 6.04 Å². The SMILES string of the molecule is CCNC(Cc1sccc1Br)C1CCCCCCC1. The Balaban J connectivity index is 1.98. The van der Waals surface area contributed by atoms with Crippen LogP contribution in [0.1, 0.15) is 56.7 Å². The maximum Gasteiger partial charge on any atom is 0.0314 e. The summed E-state index contributed by atoms with van der Waals surface area (Å²) in [5, 5.41) is 5.95. The minimum atomic E-state index is 0.665. The molecular weight excluding hydrogens is 318 g/mol. The molecule has 1 heterocycles. The fourth-order valence-corrected chi connectivity index (χ4v) is 4.80. The van der Waals surface area contributed by atoms with Crippen molar-refractivity contribution in [3.8, 4) is 0 Å². The van der Waals surface area contributed by atoms with Gasteiger partial charge in [0.15, 0.2) is 0 Å². The van der Waals surface area contributed by atoms with E-state index >= 15 is 0 Å². The lowest BCUT2D eigenvalue weighted by molar-refractivity contribution is 0.287. The fourth-order valence-electron chi connectivity index (χ4n) is 3.23. The van der Waals surface area contributed by atoms with Gasteiger partial charge in [-0.15, -0.1) is 11.3 Å². The topological polar surface area (TPSA) is 12.0 Å². The maximum absolute atomic E-state index is 3.75. The van der Waals surface area contributed by atoms with Gasteiger partial charge in [0, 0.05) is 15.4 Å². The van der Waals surface area contributed by atoms with E-state index in [4.69, 9.17) is 0 Å². The first-order valence-electron chi connectivity index (χ1n) is 7.76. The van der Waals surface area contributed by atoms with Crippen LogP contribution in [0, 0.1) is 5.92 Å².